The van der Waals surface area contributed by atoms with Gasteiger partial charge in [0.25, 0.3) is 0 Å². The number of H-pyrrole nitrogens is 1. The molecule has 138 valence electrons. The van der Waals surface area contributed by atoms with Crippen molar-refractivity contribution in [2.45, 2.75) is 12.8 Å². The summed E-state index contributed by atoms with van der Waals surface area (Å²) in [5.74, 6) is 0.952. The van der Waals surface area contributed by atoms with Crippen LogP contribution in [0.15, 0.2) is 30.6 Å². The summed E-state index contributed by atoms with van der Waals surface area (Å²) in [7, 11) is 0. The van der Waals surface area contributed by atoms with E-state index in [-0.39, 0.29) is 5.82 Å². The third-order valence-corrected chi connectivity index (χ3v) is 4.42. The van der Waals surface area contributed by atoms with Gasteiger partial charge < -0.3 is 27.1 Å². The minimum Gasteiger partial charge on any atom is -0.397 e. The Bertz CT molecular complexity index is 638. The Labute approximate surface area is 153 Å². The van der Waals surface area contributed by atoms with E-state index in [0.717, 1.165) is 43.6 Å². The molecule has 1 aliphatic heterocycles. The van der Waals surface area contributed by atoms with Crippen LogP contribution in [0.2, 0.25) is 0 Å². The van der Waals surface area contributed by atoms with Gasteiger partial charge in [-0.2, -0.15) is 0 Å². The summed E-state index contributed by atoms with van der Waals surface area (Å²) in [5, 5.41) is 6.59. The first-order chi connectivity index (χ1) is 12.2. The molecule has 0 radical (unpaired) electrons. The van der Waals surface area contributed by atoms with E-state index in [9.17, 15) is 4.39 Å². The lowest BCUT2D eigenvalue weighted by Gasteiger charge is -2.23. The lowest BCUT2D eigenvalue weighted by atomic mass is 9.98. The molecule has 1 fully saturated rings. The van der Waals surface area contributed by atoms with Crippen molar-refractivity contribution in [3.8, 4) is 11.1 Å². The standard InChI is InChI=1S/C16H21FN4.C2H6ClN/c17-14-2-1-12(13-9-20-10-15(13)18)7-16(14)21-8-11-3-5-19-6-4-11;3-1-2-4/h1-2,7,9-11,19-21H,3-6,8,18H2;1-2,4H2. The monoisotopic (exact) mass is 367 g/mol. The quantitative estimate of drug-likeness (QED) is 0.525. The second-order valence-corrected chi connectivity index (χ2v) is 6.45. The van der Waals surface area contributed by atoms with E-state index >= 15 is 0 Å². The number of anilines is 2. The number of aromatic nitrogens is 1. The van der Waals surface area contributed by atoms with Crippen molar-refractivity contribution in [2.75, 3.05) is 43.1 Å². The SMILES string of the molecule is NCCCl.Nc1c[nH]cc1-c1ccc(F)c(NCC2CCNCC2)c1. The average molecular weight is 368 g/mol. The van der Waals surface area contributed by atoms with Crippen LogP contribution in [0.25, 0.3) is 11.1 Å². The smallest absolute Gasteiger partial charge is 0.146 e. The van der Waals surface area contributed by atoms with Crippen LogP contribution in [-0.4, -0.2) is 37.0 Å². The summed E-state index contributed by atoms with van der Waals surface area (Å²) in [6, 6.07) is 5.08. The molecular formula is C18H27ClFN5. The predicted octanol–water partition coefficient (Wildman–Crippen LogP) is 3.00. The first-order valence-corrected chi connectivity index (χ1v) is 9.12. The minimum atomic E-state index is -0.221. The molecule has 25 heavy (non-hydrogen) atoms. The normalized spacial score (nSPS) is 14.7. The highest BCUT2D eigenvalue weighted by Gasteiger charge is 2.14. The van der Waals surface area contributed by atoms with Gasteiger partial charge in [0.15, 0.2) is 0 Å². The molecule has 1 aliphatic rings. The Morgan fingerprint density at radius 3 is 2.56 bits per heavy atom. The van der Waals surface area contributed by atoms with Gasteiger partial charge in [-0.05, 0) is 49.5 Å². The van der Waals surface area contributed by atoms with Crippen molar-refractivity contribution >= 4 is 23.0 Å². The van der Waals surface area contributed by atoms with Gasteiger partial charge >= 0.3 is 0 Å². The fourth-order valence-electron chi connectivity index (χ4n) is 2.79. The van der Waals surface area contributed by atoms with Crippen LogP contribution >= 0.6 is 11.6 Å². The molecule has 7 heteroatoms. The highest BCUT2D eigenvalue weighted by atomic mass is 35.5. The van der Waals surface area contributed by atoms with E-state index in [1.54, 1.807) is 12.3 Å². The van der Waals surface area contributed by atoms with Crippen LogP contribution in [0, 0.1) is 11.7 Å². The molecule has 1 aromatic carbocycles. The van der Waals surface area contributed by atoms with Crippen LogP contribution in [0.1, 0.15) is 12.8 Å². The zero-order valence-corrected chi connectivity index (χ0v) is 15.1. The van der Waals surface area contributed by atoms with Crippen molar-refractivity contribution in [1.82, 2.24) is 10.3 Å². The number of benzene rings is 1. The highest BCUT2D eigenvalue weighted by Crippen LogP contribution is 2.29. The van der Waals surface area contributed by atoms with E-state index in [1.165, 1.54) is 6.07 Å². The number of hydrogen-bond donors (Lipinski definition) is 5. The lowest BCUT2D eigenvalue weighted by Crippen LogP contribution is -2.31. The first kappa shape index (κ1) is 19.6. The third kappa shape index (κ3) is 5.92. The molecule has 2 heterocycles. The maximum atomic E-state index is 14.0. The van der Waals surface area contributed by atoms with E-state index in [4.69, 9.17) is 23.1 Å². The molecule has 2 aromatic rings. The largest absolute Gasteiger partial charge is 0.397 e. The molecule has 0 amide bonds. The van der Waals surface area contributed by atoms with Gasteiger partial charge in [-0.25, -0.2) is 4.39 Å². The Hall–Kier alpha value is -1.76. The van der Waals surface area contributed by atoms with E-state index in [2.05, 4.69) is 15.6 Å². The van der Waals surface area contributed by atoms with Crippen molar-refractivity contribution in [3.05, 3.63) is 36.4 Å². The molecule has 0 saturated carbocycles. The zero-order valence-electron chi connectivity index (χ0n) is 14.3. The minimum absolute atomic E-state index is 0.221. The van der Waals surface area contributed by atoms with Crippen LogP contribution in [-0.2, 0) is 0 Å². The van der Waals surface area contributed by atoms with Crippen LogP contribution in [0.3, 0.4) is 0 Å². The second-order valence-electron chi connectivity index (χ2n) is 6.07. The molecule has 0 unspecified atom stereocenters. The number of aromatic amines is 1. The van der Waals surface area contributed by atoms with Gasteiger partial charge in [-0.1, -0.05) is 6.07 Å². The van der Waals surface area contributed by atoms with Crippen LogP contribution in [0.4, 0.5) is 15.8 Å². The summed E-state index contributed by atoms with van der Waals surface area (Å²) in [6.45, 7) is 3.50. The number of piperidine rings is 1. The van der Waals surface area contributed by atoms with Gasteiger partial charge in [0, 0.05) is 36.9 Å². The Balaban J connectivity index is 0.000000511. The van der Waals surface area contributed by atoms with Gasteiger partial charge in [0.05, 0.1) is 11.4 Å². The average Bonchev–Trinajstić information content (AvgIpc) is 3.08. The number of alkyl halides is 1. The summed E-state index contributed by atoms with van der Waals surface area (Å²) >= 11 is 5.06. The Morgan fingerprint density at radius 1 is 1.24 bits per heavy atom. The molecule has 1 aromatic heterocycles. The van der Waals surface area contributed by atoms with Crippen LogP contribution < -0.4 is 22.1 Å². The number of halogens is 2. The molecule has 0 bridgehead atoms. The highest BCUT2D eigenvalue weighted by molar-refractivity contribution is 6.18. The molecule has 7 N–H and O–H groups in total. The summed E-state index contributed by atoms with van der Waals surface area (Å²) in [4.78, 5) is 2.97. The van der Waals surface area contributed by atoms with Gasteiger partial charge in [0.1, 0.15) is 5.82 Å². The topological polar surface area (TPSA) is 91.9 Å². The molecule has 3 rings (SSSR count). The molecule has 0 aliphatic carbocycles. The first-order valence-electron chi connectivity index (χ1n) is 8.58. The number of rotatable bonds is 5. The molecular weight excluding hydrogens is 341 g/mol. The molecule has 1 saturated heterocycles. The van der Waals surface area contributed by atoms with Crippen molar-refractivity contribution < 1.29 is 4.39 Å². The third-order valence-electron chi connectivity index (χ3n) is 4.20. The lowest BCUT2D eigenvalue weighted by molar-refractivity contribution is 0.389. The van der Waals surface area contributed by atoms with Crippen molar-refractivity contribution in [1.29, 1.82) is 0 Å². The number of nitrogen functional groups attached to an aromatic ring is 1. The van der Waals surface area contributed by atoms with E-state index < -0.39 is 0 Å². The second kappa shape index (κ2) is 10.3. The molecule has 5 nitrogen and oxygen atoms in total. The Kier molecular flexibility index (Phi) is 8.04. The molecule has 0 spiro atoms. The zero-order chi connectivity index (χ0) is 18.1. The summed E-state index contributed by atoms with van der Waals surface area (Å²) in [5.41, 5.74) is 13.8. The summed E-state index contributed by atoms with van der Waals surface area (Å²) < 4.78 is 14.0. The Morgan fingerprint density at radius 2 is 1.96 bits per heavy atom. The van der Waals surface area contributed by atoms with E-state index in [1.807, 2.05) is 12.3 Å². The van der Waals surface area contributed by atoms with Gasteiger partial charge in [0.2, 0.25) is 0 Å². The number of hydrogen-bond acceptors (Lipinski definition) is 4. The van der Waals surface area contributed by atoms with Gasteiger partial charge in [-0.3, -0.25) is 0 Å². The summed E-state index contributed by atoms with van der Waals surface area (Å²) in [6.07, 6.45) is 5.85. The van der Waals surface area contributed by atoms with Crippen molar-refractivity contribution in [2.24, 2.45) is 11.7 Å². The van der Waals surface area contributed by atoms with Gasteiger partial charge in [-0.15, -0.1) is 11.6 Å². The fraction of sp³-hybridized carbons (Fsp3) is 0.444. The van der Waals surface area contributed by atoms with E-state index in [0.29, 0.717) is 29.7 Å². The van der Waals surface area contributed by atoms with Crippen molar-refractivity contribution in [3.63, 3.8) is 0 Å². The maximum absolute atomic E-state index is 14.0. The number of nitrogens with one attached hydrogen (secondary N) is 3. The maximum Gasteiger partial charge on any atom is 0.146 e. The molecule has 0 atom stereocenters. The fourth-order valence-corrected chi connectivity index (χ4v) is 2.79. The number of nitrogens with two attached hydrogens (primary N) is 2. The van der Waals surface area contributed by atoms with Crippen LogP contribution in [0.5, 0.6) is 0 Å². The predicted molar refractivity (Wildman–Crippen MR) is 104 cm³/mol.